The number of aromatic nitrogens is 1. The van der Waals surface area contributed by atoms with E-state index in [0.29, 0.717) is 0 Å². The van der Waals surface area contributed by atoms with E-state index in [2.05, 4.69) is 51.6 Å². The first-order valence-corrected chi connectivity index (χ1v) is 9.62. The third kappa shape index (κ3) is 4.02. The lowest BCUT2D eigenvalue weighted by Crippen LogP contribution is -2.27. The number of pyridine rings is 1. The number of rotatable bonds is 3. The number of hydrogen-bond donors (Lipinski definition) is 1. The van der Waals surface area contributed by atoms with Crippen molar-refractivity contribution in [3.05, 3.63) is 65.5 Å². The van der Waals surface area contributed by atoms with E-state index in [1.807, 2.05) is 18.5 Å². The summed E-state index contributed by atoms with van der Waals surface area (Å²) in [5.74, 6) is 0. The van der Waals surface area contributed by atoms with Gasteiger partial charge in [0.25, 0.3) is 0 Å². The average Bonchev–Trinajstić information content (AvgIpc) is 2.99. The molecule has 2 aliphatic rings. The van der Waals surface area contributed by atoms with Crippen molar-refractivity contribution in [3.8, 4) is 0 Å². The van der Waals surface area contributed by atoms with E-state index in [9.17, 15) is 0 Å². The molecule has 4 heteroatoms. The molecule has 0 bridgehead atoms. The van der Waals surface area contributed by atoms with Crippen molar-refractivity contribution < 1.29 is 0 Å². The monoisotopic (exact) mass is 346 g/mol. The highest BCUT2D eigenvalue weighted by Crippen LogP contribution is 2.23. The summed E-state index contributed by atoms with van der Waals surface area (Å²) in [6.07, 6.45) is 9.42. The van der Waals surface area contributed by atoms with Crippen molar-refractivity contribution in [1.29, 1.82) is 0 Å². The molecule has 0 saturated carbocycles. The minimum atomic E-state index is 0.906. The molecule has 4 rings (SSSR count). The maximum absolute atomic E-state index is 4.77. The zero-order valence-corrected chi connectivity index (χ0v) is 15.2. The Hall–Kier alpha value is -2.46. The summed E-state index contributed by atoms with van der Waals surface area (Å²) in [5.41, 5.74) is 6.10. The smallest absolute Gasteiger partial charge is 0.0694 e. The van der Waals surface area contributed by atoms with Crippen molar-refractivity contribution in [2.45, 2.75) is 19.3 Å². The van der Waals surface area contributed by atoms with E-state index in [1.165, 1.54) is 23.2 Å². The van der Waals surface area contributed by atoms with Gasteiger partial charge in [-0.3, -0.25) is 9.98 Å². The van der Waals surface area contributed by atoms with Gasteiger partial charge < -0.3 is 10.2 Å². The average molecular weight is 346 g/mol. The van der Waals surface area contributed by atoms with E-state index in [0.717, 1.165) is 56.8 Å². The molecule has 26 heavy (non-hydrogen) atoms. The topological polar surface area (TPSA) is 40.5 Å². The highest BCUT2D eigenvalue weighted by atomic mass is 15.2. The molecule has 1 aromatic carbocycles. The fraction of sp³-hybridized carbons (Fsp3) is 0.364. The van der Waals surface area contributed by atoms with E-state index in [4.69, 9.17) is 4.99 Å². The zero-order valence-electron chi connectivity index (χ0n) is 15.2. The maximum Gasteiger partial charge on any atom is 0.0694 e. The fourth-order valence-corrected chi connectivity index (χ4v) is 3.69. The molecule has 1 fully saturated rings. The lowest BCUT2D eigenvalue weighted by Gasteiger charge is -2.22. The predicted octanol–water partition coefficient (Wildman–Crippen LogP) is 3.55. The summed E-state index contributed by atoms with van der Waals surface area (Å²) in [6, 6.07) is 13.0. The molecule has 0 atom stereocenters. The molecular formula is C22H26N4. The maximum atomic E-state index is 4.77. The molecule has 1 saturated heterocycles. The van der Waals surface area contributed by atoms with Crippen LogP contribution >= 0.6 is 0 Å². The van der Waals surface area contributed by atoms with Crippen LogP contribution in [0, 0.1) is 0 Å². The number of aliphatic imine (C=N–C) groups is 1. The van der Waals surface area contributed by atoms with Crippen LogP contribution in [0.4, 0.5) is 5.69 Å². The van der Waals surface area contributed by atoms with Gasteiger partial charge in [0, 0.05) is 49.8 Å². The number of anilines is 1. The van der Waals surface area contributed by atoms with Gasteiger partial charge in [0.05, 0.1) is 5.71 Å². The molecule has 0 amide bonds. The van der Waals surface area contributed by atoms with Gasteiger partial charge in [-0.2, -0.15) is 0 Å². The van der Waals surface area contributed by atoms with E-state index in [1.54, 1.807) is 0 Å². The third-order valence-corrected chi connectivity index (χ3v) is 5.05. The number of benzene rings is 1. The van der Waals surface area contributed by atoms with Gasteiger partial charge in [-0.1, -0.05) is 12.1 Å². The predicted molar refractivity (Wildman–Crippen MR) is 109 cm³/mol. The minimum absolute atomic E-state index is 0.906. The Labute approximate surface area is 155 Å². The summed E-state index contributed by atoms with van der Waals surface area (Å²) in [6.45, 7) is 5.31. The lowest BCUT2D eigenvalue weighted by molar-refractivity contribution is 0.724. The molecule has 0 spiro atoms. The van der Waals surface area contributed by atoms with E-state index < -0.39 is 0 Å². The van der Waals surface area contributed by atoms with Crippen LogP contribution in [-0.2, 0) is 0 Å². The normalized spacial score (nSPS) is 19.9. The Morgan fingerprint density at radius 3 is 2.77 bits per heavy atom. The minimum Gasteiger partial charge on any atom is -0.370 e. The molecule has 1 N–H and O–H groups in total. The van der Waals surface area contributed by atoms with Crippen LogP contribution in [0.2, 0.25) is 0 Å². The van der Waals surface area contributed by atoms with Crippen LogP contribution in [0.25, 0.3) is 6.08 Å². The SMILES string of the molecule is C(=C1/CCCN=C1c1cccnc1)/c1ccc(N2CCCNCC2)cc1. The van der Waals surface area contributed by atoms with E-state index >= 15 is 0 Å². The van der Waals surface area contributed by atoms with Gasteiger partial charge in [0.2, 0.25) is 0 Å². The standard InChI is InChI=1S/C22H26N4/c1-5-20(17-24-10-1)22-19(4-2-12-25-22)16-18-6-8-21(9-7-18)26-14-3-11-23-13-15-26/h1,5-10,16-17,23H,2-4,11-15H2/b19-16+. The van der Waals surface area contributed by atoms with Gasteiger partial charge >= 0.3 is 0 Å². The van der Waals surface area contributed by atoms with Crippen molar-refractivity contribution in [2.75, 3.05) is 37.6 Å². The van der Waals surface area contributed by atoms with Gasteiger partial charge in [0.1, 0.15) is 0 Å². The van der Waals surface area contributed by atoms with Crippen LogP contribution in [-0.4, -0.2) is 43.4 Å². The van der Waals surface area contributed by atoms with Crippen molar-refractivity contribution in [3.63, 3.8) is 0 Å². The van der Waals surface area contributed by atoms with Crippen LogP contribution in [0.1, 0.15) is 30.4 Å². The quantitative estimate of drug-likeness (QED) is 0.924. The second kappa shape index (κ2) is 8.28. The van der Waals surface area contributed by atoms with Crippen LogP contribution < -0.4 is 10.2 Å². The molecular weight excluding hydrogens is 320 g/mol. The first-order chi connectivity index (χ1) is 12.9. The van der Waals surface area contributed by atoms with Gasteiger partial charge in [-0.15, -0.1) is 0 Å². The Morgan fingerprint density at radius 2 is 1.92 bits per heavy atom. The molecule has 1 aromatic heterocycles. The second-order valence-electron chi connectivity index (χ2n) is 6.93. The van der Waals surface area contributed by atoms with Gasteiger partial charge in [-0.25, -0.2) is 0 Å². The fourth-order valence-electron chi connectivity index (χ4n) is 3.69. The summed E-state index contributed by atoms with van der Waals surface area (Å²) in [7, 11) is 0. The van der Waals surface area contributed by atoms with Gasteiger partial charge in [-0.05, 0) is 67.3 Å². The summed E-state index contributed by atoms with van der Waals surface area (Å²) in [5, 5.41) is 3.46. The lowest BCUT2D eigenvalue weighted by atomic mass is 9.95. The van der Waals surface area contributed by atoms with Crippen molar-refractivity contribution >= 4 is 17.5 Å². The van der Waals surface area contributed by atoms with Crippen LogP contribution in [0.15, 0.2) is 59.4 Å². The number of hydrogen-bond acceptors (Lipinski definition) is 4. The van der Waals surface area contributed by atoms with Crippen LogP contribution in [0.5, 0.6) is 0 Å². The molecule has 2 aliphatic heterocycles. The molecule has 134 valence electrons. The Bertz CT molecular complexity index is 770. The molecule has 2 aromatic rings. The number of nitrogens with zero attached hydrogens (tertiary/aromatic N) is 3. The third-order valence-electron chi connectivity index (χ3n) is 5.05. The molecule has 3 heterocycles. The number of allylic oxidation sites excluding steroid dienone is 1. The largest absolute Gasteiger partial charge is 0.370 e. The van der Waals surface area contributed by atoms with Crippen molar-refractivity contribution in [1.82, 2.24) is 10.3 Å². The Morgan fingerprint density at radius 1 is 1.00 bits per heavy atom. The number of nitrogens with one attached hydrogen (secondary N) is 1. The molecule has 0 radical (unpaired) electrons. The molecule has 0 unspecified atom stereocenters. The van der Waals surface area contributed by atoms with Crippen LogP contribution in [0.3, 0.4) is 0 Å². The van der Waals surface area contributed by atoms with Crippen molar-refractivity contribution in [2.24, 2.45) is 4.99 Å². The highest BCUT2D eigenvalue weighted by Gasteiger charge is 2.14. The first-order valence-electron chi connectivity index (χ1n) is 9.62. The Kier molecular flexibility index (Phi) is 5.41. The summed E-state index contributed by atoms with van der Waals surface area (Å²) in [4.78, 5) is 11.5. The first kappa shape index (κ1) is 17.0. The zero-order chi connectivity index (χ0) is 17.6. The van der Waals surface area contributed by atoms with Gasteiger partial charge in [0.15, 0.2) is 0 Å². The Balaban J connectivity index is 1.55. The summed E-state index contributed by atoms with van der Waals surface area (Å²) >= 11 is 0. The summed E-state index contributed by atoms with van der Waals surface area (Å²) < 4.78 is 0. The second-order valence-corrected chi connectivity index (χ2v) is 6.93. The molecule has 0 aliphatic carbocycles. The van der Waals surface area contributed by atoms with E-state index in [-0.39, 0.29) is 0 Å². The molecule has 4 nitrogen and oxygen atoms in total. The highest BCUT2D eigenvalue weighted by molar-refractivity contribution is 6.15.